The van der Waals surface area contributed by atoms with E-state index in [0.717, 1.165) is 12.8 Å². The molecule has 0 N–H and O–H groups in total. The largest absolute Gasteiger partial charge is 0.762 e. The minimum atomic E-state index is -3.67. The van der Waals surface area contributed by atoms with Crippen LogP contribution in [0, 0.1) is 0 Å². The Bertz CT molecular complexity index is 263. The van der Waals surface area contributed by atoms with Gasteiger partial charge in [-0.2, -0.15) is 0 Å². The Morgan fingerprint density at radius 2 is 1.58 bits per heavy atom. The summed E-state index contributed by atoms with van der Waals surface area (Å²) in [5, 5.41) is 0. The Morgan fingerprint density at radius 3 is 1.74 bits per heavy atom. The number of aromatic nitrogens is 2. The van der Waals surface area contributed by atoms with Crippen LogP contribution in [0.3, 0.4) is 0 Å². The van der Waals surface area contributed by atoms with Crippen LogP contribution in [0.25, 0.3) is 0 Å². The van der Waals surface area contributed by atoms with Crippen LogP contribution in [0.4, 0.5) is 12.9 Å². The molecule has 2 unspecified atom stereocenters. The second-order valence-corrected chi connectivity index (χ2v) is 4.05. The van der Waals surface area contributed by atoms with Crippen molar-refractivity contribution < 1.29 is 17.7 Å². The van der Waals surface area contributed by atoms with Gasteiger partial charge < -0.3 is 9.30 Å². The molecular weight excluding hydrogens is 256 g/mol. The van der Waals surface area contributed by atoms with Gasteiger partial charge in [-0.15, -0.1) is 0 Å². The minimum Gasteiger partial charge on any atom is -0.376 e. The highest BCUT2D eigenvalue weighted by Gasteiger charge is 2.06. The molecule has 1 heterocycles. The summed E-state index contributed by atoms with van der Waals surface area (Å²) in [5.74, 6) is 0. The van der Waals surface area contributed by atoms with Crippen molar-refractivity contribution >= 4 is 7.54 Å². The molecule has 0 saturated carbocycles. The molecule has 0 aliphatic carbocycles. The lowest BCUT2D eigenvalue weighted by atomic mass is 10.3. The van der Waals surface area contributed by atoms with Crippen molar-refractivity contribution in [2.24, 2.45) is 7.05 Å². The summed E-state index contributed by atoms with van der Waals surface area (Å²) < 4.78 is 36.4. The monoisotopic (exact) mass is 280 g/mol. The number of aryl methyl sites for hydroxylation is 1. The standard InChI is InChI=1S/C8H18O.C4H6N2.BF3/c1-5-7(3)9-8(4)6-2;1-6-3-2-5-4-6;2-1(3)4/h7-8H,5-6H2,1-4H3;2-4H,1H3;. The quantitative estimate of drug-likeness (QED) is 0.782. The number of ether oxygens (including phenoxy) is 1. The Labute approximate surface area is 114 Å². The molecule has 0 aliphatic heterocycles. The second-order valence-electron chi connectivity index (χ2n) is 4.05. The molecule has 0 aromatic carbocycles. The van der Waals surface area contributed by atoms with Gasteiger partial charge in [-0.25, -0.2) is 4.98 Å². The maximum absolute atomic E-state index is 9.67. The molecule has 19 heavy (non-hydrogen) atoms. The Kier molecular flexibility index (Phi) is 14.4. The maximum atomic E-state index is 9.67. The average molecular weight is 280 g/mol. The van der Waals surface area contributed by atoms with Gasteiger partial charge >= 0.3 is 7.54 Å². The molecule has 1 rings (SSSR count). The van der Waals surface area contributed by atoms with Gasteiger partial charge in [0.15, 0.2) is 0 Å². The molecule has 0 aliphatic rings. The van der Waals surface area contributed by atoms with Gasteiger partial charge in [0.05, 0.1) is 18.5 Å². The van der Waals surface area contributed by atoms with Crippen molar-refractivity contribution in [3.63, 3.8) is 0 Å². The lowest BCUT2D eigenvalue weighted by Crippen LogP contribution is -2.14. The summed E-state index contributed by atoms with van der Waals surface area (Å²) in [5.41, 5.74) is 0. The normalized spacial score (nSPS) is 12.4. The van der Waals surface area contributed by atoms with Crippen molar-refractivity contribution in [2.75, 3.05) is 0 Å². The van der Waals surface area contributed by atoms with Crippen LogP contribution in [-0.2, 0) is 11.8 Å². The predicted octanol–water partition coefficient (Wildman–Crippen LogP) is 3.90. The van der Waals surface area contributed by atoms with E-state index in [-0.39, 0.29) is 0 Å². The number of halogens is 3. The van der Waals surface area contributed by atoms with Crippen LogP contribution in [0.1, 0.15) is 40.5 Å². The van der Waals surface area contributed by atoms with Crippen molar-refractivity contribution in [1.29, 1.82) is 0 Å². The van der Waals surface area contributed by atoms with E-state index in [1.807, 2.05) is 17.8 Å². The SMILES string of the molecule is CCC(C)OC(C)CC.Cn1ccnc1.FB(F)F. The molecule has 7 heteroatoms. The van der Waals surface area contributed by atoms with Crippen molar-refractivity contribution in [3.05, 3.63) is 18.7 Å². The van der Waals surface area contributed by atoms with Gasteiger partial charge in [-0.1, -0.05) is 13.8 Å². The third-order valence-electron chi connectivity index (χ3n) is 2.25. The summed E-state index contributed by atoms with van der Waals surface area (Å²) >= 11 is 0. The number of rotatable bonds is 4. The van der Waals surface area contributed by atoms with Crippen LogP contribution >= 0.6 is 0 Å². The van der Waals surface area contributed by atoms with Gasteiger partial charge in [0.1, 0.15) is 0 Å². The van der Waals surface area contributed by atoms with Crippen molar-refractivity contribution in [2.45, 2.75) is 52.7 Å². The maximum Gasteiger partial charge on any atom is 0.762 e. The smallest absolute Gasteiger partial charge is 0.376 e. The molecule has 112 valence electrons. The third-order valence-corrected chi connectivity index (χ3v) is 2.25. The lowest BCUT2D eigenvalue weighted by molar-refractivity contribution is 0.00511. The first-order chi connectivity index (χ1) is 8.83. The minimum absolute atomic E-state index is 0.431. The molecule has 0 fully saturated rings. The van der Waals surface area contributed by atoms with Gasteiger partial charge in [0.25, 0.3) is 0 Å². The molecule has 0 bridgehead atoms. The van der Waals surface area contributed by atoms with Crippen molar-refractivity contribution in [3.8, 4) is 0 Å². The first-order valence-corrected chi connectivity index (χ1v) is 6.32. The van der Waals surface area contributed by atoms with E-state index in [1.54, 1.807) is 12.5 Å². The summed E-state index contributed by atoms with van der Waals surface area (Å²) in [6.07, 6.45) is 8.48. The first kappa shape index (κ1) is 20.3. The topological polar surface area (TPSA) is 27.1 Å². The zero-order valence-electron chi connectivity index (χ0n) is 12.3. The summed E-state index contributed by atoms with van der Waals surface area (Å²) in [7, 11) is -1.73. The third kappa shape index (κ3) is 19.5. The highest BCUT2D eigenvalue weighted by Crippen LogP contribution is 2.03. The summed E-state index contributed by atoms with van der Waals surface area (Å²) in [6.45, 7) is 8.53. The first-order valence-electron chi connectivity index (χ1n) is 6.32. The van der Waals surface area contributed by atoms with Crippen LogP contribution in [0.15, 0.2) is 18.7 Å². The summed E-state index contributed by atoms with van der Waals surface area (Å²) in [6, 6.07) is 0. The van der Waals surface area contributed by atoms with Gasteiger partial charge in [-0.3, -0.25) is 12.9 Å². The van der Waals surface area contributed by atoms with Crippen LogP contribution in [0.2, 0.25) is 0 Å². The van der Waals surface area contributed by atoms with E-state index in [0.29, 0.717) is 12.2 Å². The zero-order valence-corrected chi connectivity index (χ0v) is 12.3. The van der Waals surface area contributed by atoms with Crippen LogP contribution in [-0.4, -0.2) is 29.3 Å². The van der Waals surface area contributed by atoms with E-state index in [4.69, 9.17) is 4.74 Å². The molecule has 1 aromatic rings. The lowest BCUT2D eigenvalue weighted by Gasteiger charge is -2.15. The van der Waals surface area contributed by atoms with Gasteiger partial charge in [0, 0.05) is 19.4 Å². The molecular formula is C12H24BF3N2O. The molecule has 3 nitrogen and oxygen atoms in total. The molecule has 0 spiro atoms. The van der Waals surface area contributed by atoms with Gasteiger partial charge in [0.2, 0.25) is 0 Å². The van der Waals surface area contributed by atoms with E-state index in [1.165, 1.54) is 0 Å². The van der Waals surface area contributed by atoms with E-state index in [2.05, 4.69) is 32.7 Å². The fourth-order valence-corrected chi connectivity index (χ4v) is 0.915. The molecule has 0 amide bonds. The Morgan fingerprint density at radius 1 is 1.16 bits per heavy atom. The molecule has 0 saturated heterocycles. The highest BCUT2D eigenvalue weighted by atomic mass is 19.4. The fourth-order valence-electron chi connectivity index (χ4n) is 0.915. The number of nitrogens with zero attached hydrogens (tertiary/aromatic N) is 2. The number of hydrogen-bond acceptors (Lipinski definition) is 2. The number of hydrogen-bond donors (Lipinski definition) is 0. The Hall–Kier alpha value is -0.975. The van der Waals surface area contributed by atoms with Crippen LogP contribution in [0.5, 0.6) is 0 Å². The van der Waals surface area contributed by atoms with E-state index < -0.39 is 7.54 Å². The average Bonchev–Trinajstić information content (AvgIpc) is 2.80. The molecule has 2 atom stereocenters. The zero-order chi connectivity index (χ0) is 15.3. The summed E-state index contributed by atoms with van der Waals surface area (Å²) in [4.78, 5) is 3.78. The number of imidazole rings is 1. The fraction of sp³-hybridized carbons (Fsp3) is 0.750. The van der Waals surface area contributed by atoms with Crippen LogP contribution < -0.4 is 0 Å². The van der Waals surface area contributed by atoms with E-state index >= 15 is 0 Å². The Balaban J connectivity index is 0. The highest BCUT2D eigenvalue weighted by molar-refractivity contribution is 6.33. The predicted molar refractivity (Wildman–Crippen MR) is 72.9 cm³/mol. The van der Waals surface area contributed by atoms with E-state index in [9.17, 15) is 12.9 Å². The second kappa shape index (κ2) is 13.5. The molecule has 0 radical (unpaired) electrons. The molecule has 1 aromatic heterocycles. The van der Waals surface area contributed by atoms with Crippen molar-refractivity contribution in [1.82, 2.24) is 9.55 Å². The van der Waals surface area contributed by atoms with Gasteiger partial charge in [-0.05, 0) is 26.7 Å².